The molecule has 0 fully saturated rings. The fourth-order valence-electron chi connectivity index (χ4n) is 1.35. The number of carbonyl (C=O) groups is 1. The van der Waals surface area contributed by atoms with Gasteiger partial charge >= 0.3 is 0 Å². The lowest BCUT2D eigenvalue weighted by Crippen LogP contribution is -2.31. The maximum Gasteiger partial charge on any atom is 0.280 e. The number of aromatic nitrogens is 2. The third-order valence-electron chi connectivity index (χ3n) is 2.08. The number of ether oxygens (including phenoxy) is 1. The first kappa shape index (κ1) is 13.6. The Morgan fingerprint density at radius 1 is 1.65 bits per heavy atom. The van der Waals surface area contributed by atoms with E-state index in [1.807, 2.05) is 0 Å². The molecule has 5 nitrogen and oxygen atoms in total. The van der Waals surface area contributed by atoms with E-state index in [1.54, 1.807) is 6.92 Å². The minimum Gasteiger partial charge on any atom is -0.383 e. The third kappa shape index (κ3) is 4.10. The van der Waals surface area contributed by atoms with Crippen LogP contribution in [0.3, 0.4) is 0 Å². The molecule has 1 rings (SSSR count). The Hall–Kier alpha value is -1.50. The second-order valence-corrected chi connectivity index (χ2v) is 3.51. The zero-order valence-corrected chi connectivity index (χ0v) is 9.74. The van der Waals surface area contributed by atoms with Crippen molar-refractivity contribution in [2.45, 2.75) is 19.9 Å². The molecule has 17 heavy (non-hydrogen) atoms. The average Bonchev–Trinajstić information content (AvgIpc) is 2.60. The predicted molar refractivity (Wildman–Crippen MR) is 56.8 cm³/mol. The summed E-state index contributed by atoms with van der Waals surface area (Å²) in [5.41, 5.74) is 0.217. The highest BCUT2D eigenvalue weighted by Gasteiger charge is 2.16. The number of nitrogens with zero attached hydrogens (tertiary/aromatic N) is 2. The largest absolute Gasteiger partial charge is 0.383 e. The predicted octanol–water partition coefficient (Wildman–Crippen LogP) is 0.892. The molecule has 0 atom stereocenters. The molecule has 0 spiro atoms. The SMILES string of the molecule is COCCNC(=O)Cn1nc(C)cc1C(F)F. The van der Waals surface area contributed by atoms with E-state index < -0.39 is 6.43 Å². The summed E-state index contributed by atoms with van der Waals surface area (Å²) in [6, 6.07) is 1.27. The van der Waals surface area contributed by atoms with Crippen molar-refractivity contribution in [2.75, 3.05) is 20.3 Å². The van der Waals surface area contributed by atoms with E-state index in [4.69, 9.17) is 4.74 Å². The first-order chi connectivity index (χ1) is 8.04. The second-order valence-electron chi connectivity index (χ2n) is 3.51. The van der Waals surface area contributed by atoms with Gasteiger partial charge in [-0.1, -0.05) is 0 Å². The van der Waals surface area contributed by atoms with Gasteiger partial charge in [0.15, 0.2) is 0 Å². The summed E-state index contributed by atoms with van der Waals surface area (Å²) in [5, 5.41) is 6.38. The standard InChI is InChI=1S/C10H15F2N3O2/c1-7-5-8(10(11)12)15(14-7)6-9(16)13-3-4-17-2/h5,10H,3-4,6H2,1-2H3,(H,13,16). The van der Waals surface area contributed by atoms with E-state index >= 15 is 0 Å². The Labute approximate surface area is 97.7 Å². The van der Waals surface area contributed by atoms with Crippen molar-refractivity contribution in [3.63, 3.8) is 0 Å². The van der Waals surface area contributed by atoms with Crippen LogP contribution in [-0.2, 0) is 16.1 Å². The molecule has 0 radical (unpaired) electrons. The Bertz CT molecular complexity index is 380. The molecule has 96 valence electrons. The third-order valence-corrected chi connectivity index (χ3v) is 2.08. The molecule has 0 saturated carbocycles. The average molecular weight is 247 g/mol. The van der Waals surface area contributed by atoms with Crippen LogP contribution in [0.15, 0.2) is 6.07 Å². The number of carbonyl (C=O) groups excluding carboxylic acids is 1. The number of nitrogens with one attached hydrogen (secondary N) is 1. The molecule has 1 N–H and O–H groups in total. The Morgan fingerprint density at radius 2 is 2.35 bits per heavy atom. The summed E-state index contributed by atoms with van der Waals surface area (Å²) in [6.07, 6.45) is -2.64. The lowest BCUT2D eigenvalue weighted by Gasteiger charge is -2.07. The van der Waals surface area contributed by atoms with Crippen molar-refractivity contribution in [3.05, 3.63) is 17.5 Å². The van der Waals surface area contributed by atoms with Crippen LogP contribution in [0, 0.1) is 6.92 Å². The molecule has 7 heteroatoms. The van der Waals surface area contributed by atoms with Crippen LogP contribution in [0.4, 0.5) is 8.78 Å². The normalized spacial score (nSPS) is 10.9. The van der Waals surface area contributed by atoms with E-state index in [0.717, 1.165) is 4.68 Å². The van der Waals surface area contributed by atoms with Crippen LogP contribution < -0.4 is 5.32 Å². The fraction of sp³-hybridized carbons (Fsp3) is 0.600. The van der Waals surface area contributed by atoms with Gasteiger partial charge < -0.3 is 10.1 Å². The number of hydrogen-bond acceptors (Lipinski definition) is 3. The smallest absolute Gasteiger partial charge is 0.280 e. The summed E-state index contributed by atoms with van der Waals surface area (Å²) in [4.78, 5) is 11.4. The van der Waals surface area contributed by atoms with E-state index in [-0.39, 0.29) is 18.1 Å². The van der Waals surface area contributed by atoms with Crippen LogP contribution in [0.1, 0.15) is 17.8 Å². The van der Waals surface area contributed by atoms with Gasteiger partial charge in [-0.2, -0.15) is 5.10 Å². The van der Waals surface area contributed by atoms with Crippen LogP contribution in [0.25, 0.3) is 0 Å². The van der Waals surface area contributed by atoms with Crippen molar-refractivity contribution in [1.29, 1.82) is 0 Å². The molecule has 0 unspecified atom stereocenters. The van der Waals surface area contributed by atoms with Gasteiger partial charge in [-0.05, 0) is 13.0 Å². The number of aryl methyl sites for hydroxylation is 1. The van der Waals surface area contributed by atoms with Gasteiger partial charge in [-0.3, -0.25) is 9.48 Å². The van der Waals surface area contributed by atoms with Crippen LogP contribution in [-0.4, -0.2) is 35.9 Å². The summed E-state index contributed by atoms with van der Waals surface area (Å²) in [7, 11) is 1.51. The number of amides is 1. The highest BCUT2D eigenvalue weighted by atomic mass is 19.3. The van der Waals surface area contributed by atoms with Crippen LogP contribution >= 0.6 is 0 Å². The molecule has 0 aliphatic heterocycles. The van der Waals surface area contributed by atoms with Crippen LogP contribution in [0.5, 0.6) is 0 Å². The van der Waals surface area contributed by atoms with Crippen LogP contribution in [0.2, 0.25) is 0 Å². The molecule has 0 aromatic carbocycles. The van der Waals surface area contributed by atoms with Gasteiger partial charge in [0.25, 0.3) is 6.43 Å². The zero-order valence-electron chi connectivity index (χ0n) is 9.74. The Morgan fingerprint density at radius 3 is 2.94 bits per heavy atom. The number of halogens is 2. The van der Waals surface area contributed by atoms with Gasteiger partial charge in [0.1, 0.15) is 12.2 Å². The maximum atomic E-state index is 12.6. The number of hydrogen-bond donors (Lipinski definition) is 1. The van der Waals surface area contributed by atoms with Crippen molar-refractivity contribution in [1.82, 2.24) is 15.1 Å². The van der Waals surface area contributed by atoms with E-state index in [1.165, 1.54) is 13.2 Å². The minimum absolute atomic E-state index is 0.211. The summed E-state index contributed by atoms with van der Waals surface area (Å²) < 4.78 is 30.9. The van der Waals surface area contributed by atoms with Crippen molar-refractivity contribution in [2.24, 2.45) is 0 Å². The molecule has 0 saturated heterocycles. The first-order valence-electron chi connectivity index (χ1n) is 5.12. The van der Waals surface area contributed by atoms with E-state index in [9.17, 15) is 13.6 Å². The van der Waals surface area contributed by atoms with Gasteiger partial charge in [0.2, 0.25) is 5.91 Å². The van der Waals surface area contributed by atoms with Crippen molar-refractivity contribution in [3.8, 4) is 0 Å². The van der Waals surface area contributed by atoms with Gasteiger partial charge in [0, 0.05) is 13.7 Å². The van der Waals surface area contributed by atoms with Gasteiger partial charge in [-0.15, -0.1) is 0 Å². The topological polar surface area (TPSA) is 56.1 Å². The van der Waals surface area contributed by atoms with Gasteiger partial charge in [-0.25, -0.2) is 8.78 Å². The molecule has 1 amide bonds. The highest BCUT2D eigenvalue weighted by molar-refractivity contribution is 5.75. The lowest BCUT2D eigenvalue weighted by atomic mass is 10.4. The summed E-state index contributed by atoms with van der Waals surface area (Å²) in [5.74, 6) is -0.368. The second kappa shape index (κ2) is 6.29. The minimum atomic E-state index is -2.64. The monoisotopic (exact) mass is 247 g/mol. The molecular weight excluding hydrogens is 232 g/mol. The summed E-state index contributed by atoms with van der Waals surface area (Å²) >= 11 is 0. The van der Waals surface area contributed by atoms with Crippen molar-refractivity contribution < 1.29 is 18.3 Å². The fourth-order valence-corrected chi connectivity index (χ4v) is 1.35. The van der Waals surface area contributed by atoms with E-state index in [0.29, 0.717) is 18.8 Å². The Balaban J connectivity index is 2.58. The number of alkyl halides is 2. The molecule has 0 aliphatic rings. The molecule has 0 bridgehead atoms. The molecular formula is C10H15F2N3O2. The maximum absolute atomic E-state index is 12.6. The highest BCUT2D eigenvalue weighted by Crippen LogP contribution is 2.19. The lowest BCUT2D eigenvalue weighted by molar-refractivity contribution is -0.122. The molecule has 1 aromatic rings. The van der Waals surface area contributed by atoms with Gasteiger partial charge in [0.05, 0.1) is 12.3 Å². The molecule has 1 heterocycles. The quantitative estimate of drug-likeness (QED) is 0.760. The summed E-state index contributed by atoms with van der Waals surface area (Å²) in [6.45, 7) is 2.12. The molecule has 1 aromatic heterocycles. The van der Waals surface area contributed by atoms with E-state index in [2.05, 4.69) is 10.4 Å². The first-order valence-corrected chi connectivity index (χ1v) is 5.12. The zero-order chi connectivity index (χ0) is 12.8. The number of methoxy groups -OCH3 is 1. The van der Waals surface area contributed by atoms with Crippen molar-refractivity contribution >= 4 is 5.91 Å². The number of rotatable bonds is 6. The Kier molecular flexibility index (Phi) is 5.02. The molecule has 0 aliphatic carbocycles.